The maximum Gasteiger partial charge on any atom is 0.249 e. The standard InChI is InChI=1S/C8H16N2O2/c1-6(7-4-9-5-7)8(11)10(2)12-3/h6-7,9H,4-5H2,1-3H3. The first kappa shape index (κ1) is 9.48. The van der Waals surface area contributed by atoms with Crippen LogP contribution in [0.2, 0.25) is 0 Å². The van der Waals surface area contributed by atoms with E-state index >= 15 is 0 Å². The molecule has 1 amide bonds. The number of hydrogen-bond acceptors (Lipinski definition) is 3. The van der Waals surface area contributed by atoms with Gasteiger partial charge < -0.3 is 5.32 Å². The van der Waals surface area contributed by atoms with Gasteiger partial charge in [0, 0.05) is 13.0 Å². The van der Waals surface area contributed by atoms with E-state index in [1.165, 1.54) is 12.2 Å². The molecule has 4 heteroatoms. The first-order chi connectivity index (χ1) is 5.66. The molecule has 1 heterocycles. The molecule has 1 N–H and O–H groups in total. The Morgan fingerprint density at radius 3 is 2.58 bits per heavy atom. The van der Waals surface area contributed by atoms with Crippen LogP contribution in [0, 0.1) is 11.8 Å². The van der Waals surface area contributed by atoms with Crippen molar-refractivity contribution in [3.05, 3.63) is 0 Å². The molecular weight excluding hydrogens is 156 g/mol. The number of rotatable bonds is 3. The van der Waals surface area contributed by atoms with Crippen molar-refractivity contribution in [3.63, 3.8) is 0 Å². The maximum atomic E-state index is 11.5. The molecule has 0 aromatic heterocycles. The Bertz CT molecular complexity index is 168. The van der Waals surface area contributed by atoms with Gasteiger partial charge in [-0.1, -0.05) is 6.92 Å². The summed E-state index contributed by atoms with van der Waals surface area (Å²) in [6.07, 6.45) is 0. The third kappa shape index (κ3) is 1.76. The summed E-state index contributed by atoms with van der Waals surface area (Å²) >= 11 is 0. The lowest BCUT2D eigenvalue weighted by Crippen LogP contribution is -2.49. The molecule has 0 aromatic rings. The summed E-state index contributed by atoms with van der Waals surface area (Å²) in [4.78, 5) is 16.3. The number of nitrogens with one attached hydrogen (secondary N) is 1. The largest absolute Gasteiger partial charge is 0.316 e. The van der Waals surface area contributed by atoms with Gasteiger partial charge in [0.2, 0.25) is 5.91 Å². The molecule has 0 aromatic carbocycles. The highest BCUT2D eigenvalue weighted by Crippen LogP contribution is 2.17. The Balaban J connectivity index is 2.39. The average Bonchev–Trinajstić information content (AvgIpc) is 1.98. The highest BCUT2D eigenvalue weighted by Gasteiger charge is 2.30. The number of carbonyl (C=O) groups excluding carboxylic acids is 1. The van der Waals surface area contributed by atoms with Crippen LogP contribution in [0.1, 0.15) is 6.92 Å². The minimum absolute atomic E-state index is 0.0593. The number of nitrogens with zero attached hydrogens (tertiary/aromatic N) is 1. The van der Waals surface area contributed by atoms with Crippen molar-refractivity contribution in [2.75, 3.05) is 27.2 Å². The Kier molecular flexibility index (Phi) is 3.05. The zero-order chi connectivity index (χ0) is 9.14. The second-order valence-corrected chi connectivity index (χ2v) is 3.23. The van der Waals surface area contributed by atoms with Gasteiger partial charge in [0.25, 0.3) is 0 Å². The summed E-state index contributed by atoms with van der Waals surface area (Å²) in [6.45, 7) is 3.85. The second-order valence-electron chi connectivity index (χ2n) is 3.23. The molecule has 0 bridgehead atoms. The lowest BCUT2D eigenvalue weighted by molar-refractivity contribution is -0.175. The second kappa shape index (κ2) is 3.87. The lowest BCUT2D eigenvalue weighted by Gasteiger charge is -2.33. The number of carbonyl (C=O) groups is 1. The Morgan fingerprint density at radius 1 is 1.67 bits per heavy atom. The van der Waals surface area contributed by atoms with Gasteiger partial charge in [-0.2, -0.15) is 0 Å². The number of amides is 1. The molecule has 1 aliphatic rings. The quantitative estimate of drug-likeness (QED) is 0.602. The van der Waals surface area contributed by atoms with Crippen molar-refractivity contribution in [3.8, 4) is 0 Å². The minimum Gasteiger partial charge on any atom is -0.316 e. The van der Waals surface area contributed by atoms with E-state index in [9.17, 15) is 4.79 Å². The fraction of sp³-hybridized carbons (Fsp3) is 0.875. The van der Waals surface area contributed by atoms with Crippen LogP contribution in [0.3, 0.4) is 0 Å². The van der Waals surface area contributed by atoms with Crippen LogP contribution in [0.25, 0.3) is 0 Å². The van der Waals surface area contributed by atoms with Gasteiger partial charge in [-0.25, -0.2) is 5.06 Å². The van der Waals surface area contributed by atoms with Crippen molar-refractivity contribution >= 4 is 5.91 Å². The summed E-state index contributed by atoms with van der Waals surface area (Å²) in [7, 11) is 3.15. The molecule has 1 unspecified atom stereocenters. The Hall–Kier alpha value is -0.610. The number of hydroxylamine groups is 2. The van der Waals surface area contributed by atoms with Gasteiger partial charge >= 0.3 is 0 Å². The zero-order valence-corrected chi connectivity index (χ0v) is 7.83. The normalized spacial score (nSPS) is 19.9. The Morgan fingerprint density at radius 2 is 2.25 bits per heavy atom. The monoisotopic (exact) mass is 172 g/mol. The number of hydrogen-bond donors (Lipinski definition) is 1. The Labute approximate surface area is 72.8 Å². The van der Waals surface area contributed by atoms with Gasteiger partial charge in [0.1, 0.15) is 0 Å². The molecule has 1 aliphatic heterocycles. The SMILES string of the molecule is CON(C)C(=O)C(C)C1CNC1. The van der Waals surface area contributed by atoms with Gasteiger partial charge in [0.15, 0.2) is 0 Å². The first-order valence-electron chi connectivity index (χ1n) is 4.19. The van der Waals surface area contributed by atoms with Crippen molar-refractivity contribution < 1.29 is 9.63 Å². The molecule has 4 nitrogen and oxygen atoms in total. The fourth-order valence-corrected chi connectivity index (χ4v) is 1.24. The van der Waals surface area contributed by atoms with E-state index < -0.39 is 0 Å². The van der Waals surface area contributed by atoms with E-state index in [4.69, 9.17) is 4.84 Å². The van der Waals surface area contributed by atoms with Crippen LogP contribution in [0.4, 0.5) is 0 Å². The third-order valence-corrected chi connectivity index (χ3v) is 2.49. The predicted octanol–water partition coefficient (Wildman–Crippen LogP) is -0.138. The van der Waals surface area contributed by atoms with Crippen molar-refractivity contribution in [2.24, 2.45) is 11.8 Å². The summed E-state index contributed by atoms with van der Waals surface area (Å²) < 4.78 is 0. The zero-order valence-electron chi connectivity index (χ0n) is 7.83. The highest BCUT2D eigenvalue weighted by molar-refractivity contribution is 5.77. The van der Waals surface area contributed by atoms with E-state index in [-0.39, 0.29) is 11.8 Å². The van der Waals surface area contributed by atoms with Crippen molar-refractivity contribution in [1.82, 2.24) is 10.4 Å². The summed E-state index contributed by atoms with van der Waals surface area (Å²) in [6, 6.07) is 0. The van der Waals surface area contributed by atoms with Crippen LogP contribution in [-0.2, 0) is 9.63 Å². The molecular formula is C8H16N2O2. The molecule has 0 aliphatic carbocycles. The van der Waals surface area contributed by atoms with Crippen LogP contribution in [0.15, 0.2) is 0 Å². The third-order valence-electron chi connectivity index (χ3n) is 2.49. The lowest BCUT2D eigenvalue weighted by atomic mass is 9.88. The molecule has 1 fully saturated rings. The van der Waals surface area contributed by atoms with E-state index in [2.05, 4.69) is 5.32 Å². The van der Waals surface area contributed by atoms with Gasteiger partial charge in [0.05, 0.1) is 7.11 Å². The molecule has 0 saturated carbocycles. The molecule has 1 saturated heterocycles. The fourth-order valence-electron chi connectivity index (χ4n) is 1.24. The van der Waals surface area contributed by atoms with Crippen LogP contribution in [0.5, 0.6) is 0 Å². The summed E-state index contributed by atoms with van der Waals surface area (Å²) in [5.41, 5.74) is 0. The predicted molar refractivity (Wildman–Crippen MR) is 45.3 cm³/mol. The molecule has 0 spiro atoms. The average molecular weight is 172 g/mol. The highest BCUT2D eigenvalue weighted by atomic mass is 16.7. The van der Waals surface area contributed by atoms with Crippen molar-refractivity contribution in [1.29, 1.82) is 0 Å². The van der Waals surface area contributed by atoms with E-state index in [0.717, 1.165) is 13.1 Å². The van der Waals surface area contributed by atoms with Gasteiger partial charge in [-0.3, -0.25) is 9.63 Å². The smallest absolute Gasteiger partial charge is 0.249 e. The van der Waals surface area contributed by atoms with Crippen LogP contribution >= 0.6 is 0 Å². The molecule has 1 atom stereocenters. The molecule has 0 radical (unpaired) electrons. The van der Waals surface area contributed by atoms with Crippen molar-refractivity contribution in [2.45, 2.75) is 6.92 Å². The van der Waals surface area contributed by atoms with E-state index in [1.807, 2.05) is 6.92 Å². The summed E-state index contributed by atoms with van der Waals surface area (Å²) in [5.74, 6) is 0.607. The van der Waals surface area contributed by atoms with E-state index in [0.29, 0.717) is 5.92 Å². The molecule has 12 heavy (non-hydrogen) atoms. The topological polar surface area (TPSA) is 41.6 Å². The summed E-state index contributed by atoms with van der Waals surface area (Å²) in [5, 5.41) is 4.44. The van der Waals surface area contributed by atoms with Crippen LogP contribution in [-0.4, -0.2) is 38.2 Å². The molecule has 1 rings (SSSR count). The van der Waals surface area contributed by atoms with Gasteiger partial charge in [-0.05, 0) is 19.0 Å². The molecule has 70 valence electrons. The maximum absolute atomic E-state index is 11.5. The minimum atomic E-state index is 0.0593. The first-order valence-corrected chi connectivity index (χ1v) is 4.19. The van der Waals surface area contributed by atoms with Gasteiger partial charge in [-0.15, -0.1) is 0 Å². The van der Waals surface area contributed by atoms with E-state index in [1.54, 1.807) is 7.05 Å². The van der Waals surface area contributed by atoms with Crippen LogP contribution < -0.4 is 5.32 Å².